The van der Waals surface area contributed by atoms with Crippen LogP contribution >= 0.6 is 0 Å². The van der Waals surface area contributed by atoms with Crippen molar-refractivity contribution in [1.29, 1.82) is 0 Å². The highest BCUT2D eigenvalue weighted by molar-refractivity contribution is 5.98. The van der Waals surface area contributed by atoms with E-state index in [1.54, 1.807) is 0 Å². The van der Waals surface area contributed by atoms with Gasteiger partial charge in [-0.3, -0.25) is 19.1 Å². The van der Waals surface area contributed by atoms with E-state index >= 15 is 0 Å². The maximum absolute atomic E-state index is 13.4. The number of para-hydroxylation sites is 1. The molecule has 1 unspecified atom stereocenters. The highest BCUT2D eigenvalue weighted by Gasteiger charge is 2.31. The Bertz CT molecular complexity index is 1060. The lowest BCUT2D eigenvalue weighted by Gasteiger charge is -2.29. The topological polar surface area (TPSA) is 114 Å². The minimum absolute atomic E-state index is 0.0116. The normalized spacial score (nSPS) is 15.4. The van der Waals surface area contributed by atoms with E-state index < -0.39 is 11.2 Å². The van der Waals surface area contributed by atoms with Gasteiger partial charge in [0.05, 0.1) is 13.2 Å². The molecule has 3 N–H and O–H groups in total. The maximum atomic E-state index is 13.4. The minimum Gasteiger partial charge on any atom is -0.383 e. The van der Waals surface area contributed by atoms with Crippen molar-refractivity contribution < 1.29 is 9.53 Å². The van der Waals surface area contributed by atoms with Crippen LogP contribution < -0.4 is 26.8 Å². The Morgan fingerprint density at radius 3 is 2.71 bits per heavy atom. The molecule has 0 fully saturated rings. The van der Waals surface area contributed by atoms with Crippen molar-refractivity contribution in [2.75, 3.05) is 42.3 Å². The van der Waals surface area contributed by atoms with Crippen LogP contribution in [0.15, 0.2) is 33.9 Å². The average Bonchev–Trinajstić information content (AvgIpc) is 3.02. The summed E-state index contributed by atoms with van der Waals surface area (Å²) in [7, 11) is 1.52. The van der Waals surface area contributed by atoms with Crippen molar-refractivity contribution in [1.82, 2.24) is 9.55 Å². The molecule has 1 amide bonds. The smallest absolute Gasteiger partial charge is 0.330 e. The number of benzene rings is 1. The molecule has 0 saturated heterocycles. The van der Waals surface area contributed by atoms with Crippen LogP contribution in [0.2, 0.25) is 0 Å². The minimum atomic E-state index is -0.679. The number of nitrogens with zero attached hydrogens (tertiary/aromatic N) is 3. The van der Waals surface area contributed by atoms with Crippen molar-refractivity contribution in [2.24, 2.45) is 5.92 Å². The number of aromatic amines is 1. The molecule has 9 heteroatoms. The fraction of sp³-hybridized carbons (Fsp3) is 0.500. The molecule has 0 radical (unpaired) electrons. The largest absolute Gasteiger partial charge is 0.383 e. The monoisotopic (exact) mass is 429 g/mol. The SMILES string of the molecule is COCCN(C(=O)CN1c2ccccc2CC1C)c1c(N)n(CC(C)C)c(=O)[nH]c1=O. The number of methoxy groups -OCH3 is 1. The third-order valence-corrected chi connectivity index (χ3v) is 5.51. The molecular weight excluding hydrogens is 398 g/mol. The number of hydrogen-bond acceptors (Lipinski definition) is 6. The van der Waals surface area contributed by atoms with Gasteiger partial charge in [0.25, 0.3) is 5.56 Å². The molecule has 1 aliphatic heterocycles. The number of fused-ring (bicyclic) bond motifs is 1. The Hall–Kier alpha value is -3.07. The summed E-state index contributed by atoms with van der Waals surface area (Å²) in [5.74, 6) is -0.168. The Kier molecular flexibility index (Phi) is 6.84. The number of carbonyl (C=O) groups is 1. The van der Waals surface area contributed by atoms with E-state index in [4.69, 9.17) is 10.5 Å². The Balaban J connectivity index is 1.98. The molecule has 1 aliphatic rings. The second kappa shape index (κ2) is 9.38. The summed E-state index contributed by atoms with van der Waals surface area (Å²) >= 11 is 0. The molecular formula is C22H31N5O4. The van der Waals surface area contributed by atoms with Gasteiger partial charge in [0, 0.05) is 31.9 Å². The van der Waals surface area contributed by atoms with E-state index in [2.05, 4.69) is 18.0 Å². The number of H-pyrrole nitrogens is 1. The van der Waals surface area contributed by atoms with Crippen LogP contribution in [0.4, 0.5) is 17.2 Å². The number of hydrogen-bond donors (Lipinski definition) is 2. The molecule has 0 aliphatic carbocycles. The average molecular weight is 430 g/mol. The molecule has 2 heterocycles. The molecule has 0 spiro atoms. The summed E-state index contributed by atoms with van der Waals surface area (Å²) in [6.07, 6.45) is 0.851. The van der Waals surface area contributed by atoms with Gasteiger partial charge in [-0.25, -0.2) is 4.79 Å². The fourth-order valence-electron chi connectivity index (χ4n) is 4.03. The molecule has 3 rings (SSSR count). The molecule has 1 aromatic carbocycles. The van der Waals surface area contributed by atoms with Crippen molar-refractivity contribution >= 4 is 23.1 Å². The summed E-state index contributed by atoms with van der Waals surface area (Å²) in [5.41, 5.74) is 7.18. The van der Waals surface area contributed by atoms with Gasteiger partial charge in [-0.2, -0.15) is 0 Å². The van der Waals surface area contributed by atoms with E-state index in [0.717, 1.165) is 12.1 Å². The van der Waals surface area contributed by atoms with Crippen LogP contribution in [0.5, 0.6) is 0 Å². The molecule has 0 saturated carbocycles. The fourth-order valence-corrected chi connectivity index (χ4v) is 4.03. The molecule has 1 aromatic heterocycles. The lowest BCUT2D eigenvalue weighted by molar-refractivity contribution is -0.117. The van der Waals surface area contributed by atoms with Crippen LogP contribution in [0.1, 0.15) is 26.3 Å². The number of nitrogen functional groups attached to an aromatic ring is 1. The summed E-state index contributed by atoms with van der Waals surface area (Å²) in [6, 6.07) is 8.14. The van der Waals surface area contributed by atoms with Gasteiger partial charge in [0.2, 0.25) is 5.91 Å². The summed E-state index contributed by atoms with van der Waals surface area (Å²) in [5, 5.41) is 0. The van der Waals surface area contributed by atoms with Crippen LogP contribution in [0, 0.1) is 5.92 Å². The van der Waals surface area contributed by atoms with E-state index in [1.165, 1.54) is 22.1 Å². The molecule has 1 atom stereocenters. The maximum Gasteiger partial charge on any atom is 0.330 e. The molecule has 168 valence electrons. The summed E-state index contributed by atoms with van der Waals surface area (Å²) in [4.78, 5) is 44.1. The number of rotatable bonds is 8. The number of carbonyl (C=O) groups excluding carboxylic acids is 1. The third-order valence-electron chi connectivity index (χ3n) is 5.51. The summed E-state index contributed by atoms with van der Waals surface area (Å²) in [6.45, 7) is 6.73. The highest BCUT2D eigenvalue weighted by Crippen LogP contribution is 2.31. The zero-order valence-electron chi connectivity index (χ0n) is 18.6. The quantitative estimate of drug-likeness (QED) is 0.652. The Morgan fingerprint density at radius 2 is 2.03 bits per heavy atom. The zero-order valence-corrected chi connectivity index (χ0v) is 18.6. The van der Waals surface area contributed by atoms with Gasteiger partial charge in [0.15, 0.2) is 5.69 Å². The second-order valence-electron chi connectivity index (χ2n) is 8.35. The standard InChI is InChI=1S/C22H31N5O4/c1-14(2)12-27-20(23)19(21(29)24-22(27)30)25(9-10-31-4)18(28)13-26-15(3)11-16-7-5-6-8-17(16)26/h5-8,14-15H,9-13,23H2,1-4H3,(H,24,29,30). The first kappa shape index (κ1) is 22.6. The van der Waals surface area contributed by atoms with Crippen LogP contribution in [0.25, 0.3) is 0 Å². The number of aromatic nitrogens is 2. The lowest BCUT2D eigenvalue weighted by Crippen LogP contribution is -2.47. The molecule has 0 bridgehead atoms. The third kappa shape index (κ3) is 4.66. The van der Waals surface area contributed by atoms with Crippen molar-refractivity contribution in [2.45, 2.75) is 39.8 Å². The van der Waals surface area contributed by atoms with E-state index in [1.807, 2.05) is 36.9 Å². The van der Waals surface area contributed by atoms with Gasteiger partial charge in [-0.15, -0.1) is 0 Å². The second-order valence-corrected chi connectivity index (χ2v) is 8.35. The number of nitrogens with two attached hydrogens (primary N) is 1. The summed E-state index contributed by atoms with van der Waals surface area (Å²) < 4.78 is 6.47. The van der Waals surface area contributed by atoms with Gasteiger partial charge < -0.3 is 20.3 Å². The van der Waals surface area contributed by atoms with Crippen molar-refractivity contribution in [3.05, 3.63) is 50.7 Å². The van der Waals surface area contributed by atoms with E-state index in [0.29, 0.717) is 6.54 Å². The molecule has 2 aromatic rings. The molecule has 9 nitrogen and oxygen atoms in total. The van der Waals surface area contributed by atoms with Gasteiger partial charge in [-0.1, -0.05) is 32.0 Å². The van der Waals surface area contributed by atoms with Crippen LogP contribution in [-0.2, 0) is 22.5 Å². The predicted molar refractivity (Wildman–Crippen MR) is 122 cm³/mol. The first-order valence-electron chi connectivity index (χ1n) is 10.5. The van der Waals surface area contributed by atoms with Gasteiger partial charge in [0.1, 0.15) is 5.82 Å². The lowest BCUT2D eigenvalue weighted by atomic mass is 10.1. The Morgan fingerprint density at radius 1 is 1.32 bits per heavy atom. The first-order valence-corrected chi connectivity index (χ1v) is 10.5. The highest BCUT2D eigenvalue weighted by atomic mass is 16.5. The number of ether oxygens (including phenoxy) is 1. The number of anilines is 3. The number of amides is 1. The van der Waals surface area contributed by atoms with Crippen molar-refractivity contribution in [3.8, 4) is 0 Å². The predicted octanol–water partition coefficient (Wildman–Crippen LogP) is 1.21. The van der Waals surface area contributed by atoms with Crippen LogP contribution in [-0.4, -0.2) is 48.3 Å². The van der Waals surface area contributed by atoms with E-state index in [-0.39, 0.29) is 49.1 Å². The Labute approximate surface area is 181 Å². The van der Waals surface area contributed by atoms with E-state index in [9.17, 15) is 14.4 Å². The van der Waals surface area contributed by atoms with Crippen molar-refractivity contribution in [3.63, 3.8) is 0 Å². The number of nitrogens with one attached hydrogen (secondary N) is 1. The van der Waals surface area contributed by atoms with Gasteiger partial charge in [-0.05, 0) is 30.9 Å². The first-order chi connectivity index (χ1) is 14.7. The zero-order chi connectivity index (χ0) is 22.7. The van der Waals surface area contributed by atoms with Crippen LogP contribution in [0.3, 0.4) is 0 Å². The molecule has 31 heavy (non-hydrogen) atoms. The van der Waals surface area contributed by atoms with Gasteiger partial charge >= 0.3 is 5.69 Å².